The van der Waals surface area contributed by atoms with Crippen molar-refractivity contribution in [3.63, 3.8) is 0 Å². The van der Waals surface area contributed by atoms with Crippen molar-refractivity contribution in [3.8, 4) is 5.75 Å². The van der Waals surface area contributed by atoms with Gasteiger partial charge in [-0.25, -0.2) is 4.39 Å². The Labute approximate surface area is 102 Å². The van der Waals surface area contributed by atoms with Crippen LogP contribution in [-0.4, -0.2) is 11.7 Å². The normalized spacial score (nSPS) is 19.0. The molecule has 0 radical (unpaired) electrons. The Kier molecular flexibility index (Phi) is 3.38. The summed E-state index contributed by atoms with van der Waals surface area (Å²) in [7, 11) is 0. The van der Waals surface area contributed by atoms with Crippen LogP contribution in [0, 0.1) is 11.2 Å². The maximum atomic E-state index is 12.9. The van der Waals surface area contributed by atoms with E-state index in [1.54, 1.807) is 6.07 Å². The zero-order chi connectivity index (χ0) is 12.5. The number of phenolic OH excluding ortho intramolecular Hbond substituents is 1. The molecule has 0 saturated heterocycles. The molecule has 1 aliphatic rings. The molecule has 1 aromatic carbocycles. The second-order valence-electron chi connectivity index (χ2n) is 5.16. The van der Waals surface area contributed by atoms with Gasteiger partial charge < -0.3 is 10.4 Å². The zero-order valence-corrected chi connectivity index (χ0v) is 10.5. The first-order valence-corrected chi connectivity index (χ1v) is 6.28. The molecule has 0 bridgehead atoms. The minimum atomic E-state index is -0.398. The van der Waals surface area contributed by atoms with E-state index in [0.29, 0.717) is 5.41 Å². The number of phenols is 1. The molecule has 2 N–H and O–H groups in total. The van der Waals surface area contributed by atoms with Crippen molar-refractivity contribution < 1.29 is 9.50 Å². The summed E-state index contributed by atoms with van der Waals surface area (Å²) in [5.74, 6) is -0.364. The molecule has 2 rings (SSSR count). The minimum Gasteiger partial charge on any atom is -0.508 e. The van der Waals surface area contributed by atoms with E-state index in [-0.39, 0.29) is 11.8 Å². The average molecular weight is 237 g/mol. The van der Waals surface area contributed by atoms with Crippen molar-refractivity contribution in [1.82, 2.24) is 5.32 Å². The lowest BCUT2D eigenvalue weighted by Gasteiger charge is -2.20. The molecular weight excluding hydrogens is 217 g/mol. The highest BCUT2D eigenvalue weighted by molar-refractivity contribution is 5.34. The van der Waals surface area contributed by atoms with E-state index < -0.39 is 5.82 Å². The summed E-state index contributed by atoms with van der Waals surface area (Å²) in [5, 5.41) is 13.1. The van der Waals surface area contributed by atoms with Crippen LogP contribution in [0.4, 0.5) is 4.39 Å². The maximum absolute atomic E-state index is 12.9. The molecule has 3 heteroatoms. The number of nitrogens with one attached hydrogen (secondary N) is 1. The summed E-state index contributed by atoms with van der Waals surface area (Å²) in [6, 6.07) is 4.26. The molecule has 94 valence electrons. The summed E-state index contributed by atoms with van der Waals surface area (Å²) in [6.45, 7) is 5.19. The van der Waals surface area contributed by atoms with Crippen LogP contribution in [0.15, 0.2) is 18.2 Å². The van der Waals surface area contributed by atoms with Crippen LogP contribution in [-0.2, 0) is 0 Å². The van der Waals surface area contributed by atoms with Gasteiger partial charge in [-0.1, -0.05) is 13.0 Å². The number of hydrogen-bond donors (Lipinski definition) is 2. The third-order valence-electron chi connectivity index (χ3n) is 3.95. The lowest BCUT2D eigenvalue weighted by atomic mass is 10.0. The fourth-order valence-electron chi connectivity index (χ4n) is 2.19. The van der Waals surface area contributed by atoms with Crippen LogP contribution in [0.1, 0.15) is 44.7 Å². The largest absolute Gasteiger partial charge is 0.508 e. The Balaban J connectivity index is 1.97. The second-order valence-corrected chi connectivity index (χ2v) is 5.16. The Bertz CT molecular complexity index is 401. The molecule has 0 aliphatic heterocycles. The number of aromatic hydroxyl groups is 1. The zero-order valence-electron chi connectivity index (χ0n) is 10.5. The van der Waals surface area contributed by atoms with Gasteiger partial charge in [-0.15, -0.1) is 0 Å². The first-order valence-electron chi connectivity index (χ1n) is 6.28. The van der Waals surface area contributed by atoms with E-state index >= 15 is 0 Å². The highest BCUT2D eigenvalue weighted by Crippen LogP contribution is 2.48. The summed E-state index contributed by atoms with van der Waals surface area (Å²) < 4.78 is 12.9. The SMILES string of the molecule is CCC1(CNC(C)c2ccc(F)cc2O)CC1. The van der Waals surface area contributed by atoms with Gasteiger partial charge in [0.25, 0.3) is 0 Å². The van der Waals surface area contributed by atoms with Crippen molar-refractivity contribution in [2.24, 2.45) is 5.41 Å². The maximum Gasteiger partial charge on any atom is 0.126 e. The van der Waals surface area contributed by atoms with Gasteiger partial charge in [-0.3, -0.25) is 0 Å². The quantitative estimate of drug-likeness (QED) is 0.823. The van der Waals surface area contributed by atoms with Gasteiger partial charge in [0.1, 0.15) is 11.6 Å². The number of halogens is 1. The van der Waals surface area contributed by atoms with Crippen molar-refractivity contribution in [2.45, 2.75) is 39.2 Å². The van der Waals surface area contributed by atoms with Crippen molar-refractivity contribution in [1.29, 1.82) is 0 Å². The van der Waals surface area contributed by atoms with Crippen LogP contribution in [0.25, 0.3) is 0 Å². The van der Waals surface area contributed by atoms with E-state index in [9.17, 15) is 9.50 Å². The van der Waals surface area contributed by atoms with E-state index in [0.717, 1.165) is 12.1 Å². The molecule has 0 aromatic heterocycles. The summed E-state index contributed by atoms with van der Waals surface area (Å²) in [5.41, 5.74) is 1.24. The summed E-state index contributed by atoms with van der Waals surface area (Å²) in [4.78, 5) is 0. The van der Waals surface area contributed by atoms with Crippen LogP contribution in [0.2, 0.25) is 0 Å². The molecule has 2 nitrogen and oxygen atoms in total. The standard InChI is InChI=1S/C14H20FNO/c1-3-14(6-7-14)9-16-10(2)12-5-4-11(15)8-13(12)17/h4-5,8,10,16-17H,3,6-7,9H2,1-2H3. The van der Waals surface area contributed by atoms with Crippen LogP contribution in [0.5, 0.6) is 5.75 Å². The third kappa shape index (κ3) is 2.78. The Morgan fingerprint density at radius 3 is 2.71 bits per heavy atom. The molecule has 17 heavy (non-hydrogen) atoms. The molecule has 0 heterocycles. The Morgan fingerprint density at radius 1 is 1.47 bits per heavy atom. The molecule has 1 aromatic rings. The van der Waals surface area contributed by atoms with Crippen LogP contribution < -0.4 is 5.32 Å². The average Bonchev–Trinajstić information content (AvgIpc) is 3.07. The molecule has 1 aliphatic carbocycles. The monoisotopic (exact) mass is 237 g/mol. The smallest absolute Gasteiger partial charge is 0.126 e. The molecule has 1 saturated carbocycles. The van der Waals surface area contributed by atoms with Gasteiger partial charge in [0.2, 0.25) is 0 Å². The van der Waals surface area contributed by atoms with E-state index in [1.165, 1.54) is 31.4 Å². The lowest BCUT2D eigenvalue weighted by Crippen LogP contribution is -2.26. The van der Waals surface area contributed by atoms with Gasteiger partial charge in [0, 0.05) is 24.2 Å². The first-order chi connectivity index (χ1) is 8.06. The molecule has 0 spiro atoms. The number of hydrogen-bond acceptors (Lipinski definition) is 2. The van der Waals surface area contributed by atoms with Gasteiger partial charge >= 0.3 is 0 Å². The van der Waals surface area contributed by atoms with E-state index in [1.807, 2.05) is 6.92 Å². The van der Waals surface area contributed by atoms with Crippen molar-refractivity contribution in [3.05, 3.63) is 29.6 Å². The fraction of sp³-hybridized carbons (Fsp3) is 0.571. The number of benzene rings is 1. The third-order valence-corrected chi connectivity index (χ3v) is 3.95. The predicted molar refractivity (Wildman–Crippen MR) is 66.4 cm³/mol. The molecular formula is C14H20FNO. The van der Waals surface area contributed by atoms with Crippen LogP contribution >= 0.6 is 0 Å². The Hall–Kier alpha value is -1.09. The lowest BCUT2D eigenvalue weighted by molar-refractivity contribution is 0.402. The molecule has 1 atom stereocenters. The van der Waals surface area contributed by atoms with Gasteiger partial charge in [-0.2, -0.15) is 0 Å². The fourth-order valence-corrected chi connectivity index (χ4v) is 2.19. The van der Waals surface area contributed by atoms with E-state index in [4.69, 9.17) is 0 Å². The number of rotatable bonds is 5. The minimum absolute atomic E-state index is 0.0337. The predicted octanol–water partition coefficient (Wildman–Crippen LogP) is 3.37. The van der Waals surface area contributed by atoms with Crippen molar-refractivity contribution in [2.75, 3.05) is 6.54 Å². The van der Waals surface area contributed by atoms with Gasteiger partial charge in [-0.05, 0) is 37.7 Å². The summed E-state index contributed by atoms with van der Waals surface area (Å²) in [6.07, 6.45) is 3.78. The summed E-state index contributed by atoms with van der Waals surface area (Å²) >= 11 is 0. The van der Waals surface area contributed by atoms with Crippen molar-refractivity contribution >= 4 is 0 Å². The molecule has 1 unspecified atom stereocenters. The molecule has 1 fully saturated rings. The first kappa shape index (κ1) is 12.4. The topological polar surface area (TPSA) is 32.3 Å². The highest BCUT2D eigenvalue weighted by Gasteiger charge is 2.40. The van der Waals surface area contributed by atoms with Crippen LogP contribution in [0.3, 0.4) is 0 Å². The van der Waals surface area contributed by atoms with E-state index in [2.05, 4.69) is 12.2 Å². The Morgan fingerprint density at radius 2 is 2.18 bits per heavy atom. The van der Waals surface area contributed by atoms with Gasteiger partial charge in [0.05, 0.1) is 0 Å². The highest BCUT2D eigenvalue weighted by atomic mass is 19.1. The second kappa shape index (κ2) is 4.65. The van der Waals surface area contributed by atoms with Gasteiger partial charge in [0.15, 0.2) is 0 Å². The molecule has 0 amide bonds.